The number of hydrogen-bond acceptors (Lipinski definition) is 2. The monoisotopic (exact) mass is 194 g/mol. The third-order valence-electron chi connectivity index (χ3n) is 2.15. The Morgan fingerprint density at radius 2 is 2.07 bits per heavy atom. The molecule has 1 rings (SSSR count). The fourth-order valence-corrected chi connectivity index (χ4v) is 1.42. The first-order chi connectivity index (χ1) is 6.72. The second-order valence-electron chi connectivity index (χ2n) is 3.64. The summed E-state index contributed by atoms with van der Waals surface area (Å²) in [5.74, 6) is 0. The van der Waals surface area contributed by atoms with Crippen molar-refractivity contribution in [3.8, 4) is 0 Å². The molecule has 0 aromatic heterocycles. The molecular formula is C12H18O2. The molecule has 0 spiro atoms. The molecule has 1 aromatic carbocycles. The summed E-state index contributed by atoms with van der Waals surface area (Å²) in [7, 11) is 1.70. The van der Waals surface area contributed by atoms with E-state index in [1.807, 2.05) is 13.0 Å². The lowest BCUT2D eigenvalue weighted by Crippen LogP contribution is -2.01. The summed E-state index contributed by atoms with van der Waals surface area (Å²) in [5.41, 5.74) is 2.45. The number of benzene rings is 1. The molecule has 0 saturated heterocycles. The van der Waals surface area contributed by atoms with Crippen LogP contribution in [0, 0.1) is 0 Å². The van der Waals surface area contributed by atoms with Gasteiger partial charge in [-0.25, -0.2) is 0 Å². The third-order valence-corrected chi connectivity index (χ3v) is 2.15. The van der Waals surface area contributed by atoms with Crippen LogP contribution in [0.2, 0.25) is 0 Å². The molecule has 2 heteroatoms. The van der Waals surface area contributed by atoms with Gasteiger partial charge in [0.2, 0.25) is 0 Å². The van der Waals surface area contributed by atoms with Crippen LogP contribution in [-0.2, 0) is 17.8 Å². The van der Waals surface area contributed by atoms with E-state index in [1.165, 1.54) is 11.1 Å². The van der Waals surface area contributed by atoms with Crippen molar-refractivity contribution in [2.75, 3.05) is 7.11 Å². The van der Waals surface area contributed by atoms with E-state index in [4.69, 9.17) is 9.84 Å². The fourth-order valence-electron chi connectivity index (χ4n) is 1.42. The standard InChI is InChI=1S/C12H18O2/c1-10(13)6-7-11-4-3-5-12(8-11)9-14-2/h3-5,8,10,13H,6-7,9H2,1-2H3/t10-/m0/s1. The van der Waals surface area contributed by atoms with Gasteiger partial charge >= 0.3 is 0 Å². The molecular weight excluding hydrogens is 176 g/mol. The lowest BCUT2D eigenvalue weighted by molar-refractivity contribution is 0.183. The third kappa shape index (κ3) is 3.90. The van der Waals surface area contributed by atoms with E-state index in [0.29, 0.717) is 6.61 Å². The number of aliphatic hydroxyl groups excluding tert-OH is 1. The molecule has 0 amide bonds. The number of aryl methyl sites for hydroxylation is 1. The SMILES string of the molecule is COCc1cccc(CC[C@H](C)O)c1. The average Bonchev–Trinajstić information content (AvgIpc) is 2.16. The van der Waals surface area contributed by atoms with Crippen LogP contribution < -0.4 is 0 Å². The number of aliphatic hydroxyl groups is 1. The van der Waals surface area contributed by atoms with E-state index >= 15 is 0 Å². The maximum Gasteiger partial charge on any atom is 0.0713 e. The molecule has 0 saturated carbocycles. The van der Waals surface area contributed by atoms with E-state index in [9.17, 15) is 0 Å². The summed E-state index contributed by atoms with van der Waals surface area (Å²) < 4.78 is 5.06. The van der Waals surface area contributed by atoms with Crippen molar-refractivity contribution < 1.29 is 9.84 Å². The zero-order valence-corrected chi connectivity index (χ0v) is 8.86. The first-order valence-corrected chi connectivity index (χ1v) is 4.97. The lowest BCUT2D eigenvalue weighted by Gasteiger charge is -2.06. The van der Waals surface area contributed by atoms with Crippen molar-refractivity contribution in [1.82, 2.24) is 0 Å². The van der Waals surface area contributed by atoms with E-state index in [-0.39, 0.29) is 6.10 Å². The predicted molar refractivity (Wildman–Crippen MR) is 57.2 cm³/mol. The van der Waals surface area contributed by atoms with Crippen LogP contribution >= 0.6 is 0 Å². The van der Waals surface area contributed by atoms with E-state index in [2.05, 4.69) is 18.2 Å². The van der Waals surface area contributed by atoms with Crippen molar-refractivity contribution in [3.05, 3.63) is 35.4 Å². The van der Waals surface area contributed by atoms with Crippen molar-refractivity contribution in [2.24, 2.45) is 0 Å². The van der Waals surface area contributed by atoms with Crippen LogP contribution in [0.4, 0.5) is 0 Å². The van der Waals surface area contributed by atoms with Crippen LogP contribution in [0.1, 0.15) is 24.5 Å². The summed E-state index contributed by atoms with van der Waals surface area (Å²) in [6, 6.07) is 8.30. The summed E-state index contributed by atoms with van der Waals surface area (Å²) in [6.07, 6.45) is 1.52. The summed E-state index contributed by atoms with van der Waals surface area (Å²) in [4.78, 5) is 0. The average molecular weight is 194 g/mol. The topological polar surface area (TPSA) is 29.5 Å². The van der Waals surface area contributed by atoms with E-state index in [1.54, 1.807) is 7.11 Å². The minimum atomic E-state index is -0.221. The molecule has 14 heavy (non-hydrogen) atoms. The Labute approximate surface area is 85.5 Å². The number of hydrogen-bond donors (Lipinski definition) is 1. The van der Waals surface area contributed by atoms with Gasteiger partial charge in [0.1, 0.15) is 0 Å². The Hall–Kier alpha value is -0.860. The first-order valence-electron chi connectivity index (χ1n) is 4.97. The van der Waals surface area contributed by atoms with Gasteiger partial charge in [-0.2, -0.15) is 0 Å². The van der Waals surface area contributed by atoms with Gasteiger partial charge in [-0.3, -0.25) is 0 Å². The highest BCUT2D eigenvalue weighted by Crippen LogP contribution is 2.09. The summed E-state index contributed by atoms with van der Waals surface area (Å²) in [5, 5.41) is 9.16. The molecule has 0 aliphatic heterocycles. The Morgan fingerprint density at radius 3 is 2.71 bits per heavy atom. The molecule has 1 aromatic rings. The van der Waals surface area contributed by atoms with Gasteiger partial charge in [-0.1, -0.05) is 24.3 Å². The molecule has 0 radical (unpaired) electrons. The molecule has 78 valence electrons. The highest BCUT2D eigenvalue weighted by atomic mass is 16.5. The summed E-state index contributed by atoms with van der Waals surface area (Å²) in [6.45, 7) is 2.47. The lowest BCUT2D eigenvalue weighted by atomic mass is 10.1. The van der Waals surface area contributed by atoms with Crippen LogP contribution in [0.25, 0.3) is 0 Å². The number of methoxy groups -OCH3 is 1. The fraction of sp³-hybridized carbons (Fsp3) is 0.500. The Morgan fingerprint density at radius 1 is 1.36 bits per heavy atom. The van der Waals surface area contributed by atoms with Gasteiger partial charge in [0.05, 0.1) is 12.7 Å². The van der Waals surface area contributed by atoms with Gasteiger partial charge < -0.3 is 9.84 Å². The number of rotatable bonds is 5. The first kappa shape index (κ1) is 11.2. The van der Waals surface area contributed by atoms with Crippen LogP contribution in [0.5, 0.6) is 0 Å². The maximum absolute atomic E-state index is 9.16. The van der Waals surface area contributed by atoms with Crippen molar-refractivity contribution in [1.29, 1.82) is 0 Å². The minimum Gasteiger partial charge on any atom is -0.393 e. The highest BCUT2D eigenvalue weighted by Gasteiger charge is 1.99. The quantitative estimate of drug-likeness (QED) is 0.778. The molecule has 2 nitrogen and oxygen atoms in total. The molecule has 0 bridgehead atoms. The van der Waals surface area contributed by atoms with Crippen LogP contribution in [0.15, 0.2) is 24.3 Å². The largest absolute Gasteiger partial charge is 0.393 e. The molecule has 1 atom stereocenters. The summed E-state index contributed by atoms with van der Waals surface area (Å²) >= 11 is 0. The van der Waals surface area contributed by atoms with Crippen LogP contribution in [-0.4, -0.2) is 18.3 Å². The minimum absolute atomic E-state index is 0.221. The van der Waals surface area contributed by atoms with Crippen molar-refractivity contribution >= 4 is 0 Å². The zero-order chi connectivity index (χ0) is 10.4. The van der Waals surface area contributed by atoms with Crippen molar-refractivity contribution in [2.45, 2.75) is 32.5 Å². The molecule has 0 unspecified atom stereocenters. The van der Waals surface area contributed by atoms with Gasteiger partial charge in [0.15, 0.2) is 0 Å². The Balaban J connectivity index is 2.54. The van der Waals surface area contributed by atoms with E-state index in [0.717, 1.165) is 12.8 Å². The van der Waals surface area contributed by atoms with Gasteiger partial charge in [-0.15, -0.1) is 0 Å². The molecule has 0 heterocycles. The molecule has 0 fully saturated rings. The van der Waals surface area contributed by atoms with Gasteiger partial charge in [-0.05, 0) is 30.9 Å². The normalized spacial score (nSPS) is 12.8. The number of ether oxygens (including phenoxy) is 1. The molecule has 0 aliphatic rings. The second-order valence-corrected chi connectivity index (χ2v) is 3.64. The zero-order valence-electron chi connectivity index (χ0n) is 8.86. The predicted octanol–water partition coefficient (Wildman–Crippen LogP) is 2.15. The van der Waals surface area contributed by atoms with Gasteiger partial charge in [0.25, 0.3) is 0 Å². The smallest absolute Gasteiger partial charge is 0.0713 e. The highest BCUT2D eigenvalue weighted by molar-refractivity contribution is 5.23. The molecule has 1 N–H and O–H groups in total. The van der Waals surface area contributed by atoms with Crippen LogP contribution in [0.3, 0.4) is 0 Å². The molecule has 0 aliphatic carbocycles. The van der Waals surface area contributed by atoms with Crippen molar-refractivity contribution in [3.63, 3.8) is 0 Å². The Bertz CT molecular complexity index is 269. The van der Waals surface area contributed by atoms with Gasteiger partial charge in [0, 0.05) is 7.11 Å². The van der Waals surface area contributed by atoms with E-state index < -0.39 is 0 Å². The second kappa shape index (κ2) is 5.78. The maximum atomic E-state index is 9.16. The Kier molecular flexibility index (Phi) is 4.63.